The van der Waals surface area contributed by atoms with Crippen LogP contribution in [0.25, 0.3) is 0 Å². The average Bonchev–Trinajstić information content (AvgIpc) is 2.15. The van der Waals surface area contributed by atoms with Crippen LogP contribution in [0, 0.1) is 0 Å². The summed E-state index contributed by atoms with van der Waals surface area (Å²) in [6.45, 7) is 6.51. The van der Waals surface area contributed by atoms with Gasteiger partial charge < -0.3 is 5.32 Å². The highest BCUT2D eigenvalue weighted by atomic mass is 79.9. The molecule has 0 aliphatic rings. The Kier molecular flexibility index (Phi) is 4.05. The normalized spacial score (nSPS) is 12.5. The van der Waals surface area contributed by atoms with E-state index < -0.39 is 0 Å². The van der Waals surface area contributed by atoms with E-state index in [1.807, 2.05) is 6.92 Å². The highest BCUT2D eigenvalue weighted by Gasteiger charge is 2.04. The van der Waals surface area contributed by atoms with Crippen LogP contribution in [0.5, 0.6) is 0 Å². The van der Waals surface area contributed by atoms with Crippen LogP contribution in [0.2, 0.25) is 0 Å². The summed E-state index contributed by atoms with van der Waals surface area (Å²) in [7, 11) is 0. The zero-order chi connectivity index (χ0) is 9.68. The molecule has 0 saturated heterocycles. The lowest BCUT2D eigenvalue weighted by molar-refractivity contribution is 0.596. The Morgan fingerprint density at radius 2 is 2.46 bits per heavy atom. The number of nitrogens with zero attached hydrogens (tertiary/aromatic N) is 2. The second kappa shape index (κ2) is 5.09. The maximum absolute atomic E-state index is 4.19. The van der Waals surface area contributed by atoms with E-state index >= 15 is 0 Å². The summed E-state index contributed by atoms with van der Waals surface area (Å²) in [6.07, 6.45) is 5.12. The molecule has 1 rings (SSSR count). The van der Waals surface area contributed by atoms with Crippen molar-refractivity contribution in [3.05, 3.63) is 35.3 Å². The van der Waals surface area contributed by atoms with E-state index in [2.05, 4.69) is 37.8 Å². The third-order valence-electron chi connectivity index (χ3n) is 1.63. The largest absolute Gasteiger partial charge is 0.304 e. The molecular formula is C9H12BrN3. The molecule has 0 aliphatic carbocycles. The molecule has 0 aromatic carbocycles. The van der Waals surface area contributed by atoms with E-state index in [0.29, 0.717) is 0 Å². The van der Waals surface area contributed by atoms with Crippen molar-refractivity contribution in [1.82, 2.24) is 15.3 Å². The fourth-order valence-corrected chi connectivity index (χ4v) is 1.06. The van der Waals surface area contributed by atoms with Gasteiger partial charge in [0.2, 0.25) is 0 Å². The lowest BCUT2D eigenvalue weighted by Gasteiger charge is -2.11. The van der Waals surface area contributed by atoms with Gasteiger partial charge in [0.25, 0.3) is 0 Å². The van der Waals surface area contributed by atoms with Gasteiger partial charge in [-0.15, -0.1) is 0 Å². The number of rotatable bonds is 4. The third-order valence-corrected chi connectivity index (χ3v) is 1.91. The minimum atomic E-state index is 0.197. The van der Waals surface area contributed by atoms with Crippen LogP contribution in [0.4, 0.5) is 0 Å². The van der Waals surface area contributed by atoms with Crippen molar-refractivity contribution in [2.45, 2.75) is 13.0 Å². The second-order valence-corrected chi connectivity index (χ2v) is 3.87. The Bertz CT molecular complexity index is 273. The molecule has 0 aliphatic heterocycles. The SMILES string of the molecule is C=C(Br)CNC(C)c1cnccn1. The van der Waals surface area contributed by atoms with Crippen molar-refractivity contribution in [2.24, 2.45) is 0 Å². The minimum absolute atomic E-state index is 0.197. The number of hydrogen-bond donors (Lipinski definition) is 1. The fourth-order valence-electron chi connectivity index (χ4n) is 0.903. The smallest absolute Gasteiger partial charge is 0.0753 e. The van der Waals surface area contributed by atoms with Crippen LogP contribution in [0.1, 0.15) is 18.7 Å². The lowest BCUT2D eigenvalue weighted by Crippen LogP contribution is -2.20. The van der Waals surface area contributed by atoms with E-state index in [0.717, 1.165) is 16.7 Å². The molecule has 1 unspecified atom stereocenters. The van der Waals surface area contributed by atoms with E-state index in [1.54, 1.807) is 18.6 Å². The Balaban J connectivity index is 2.49. The maximum Gasteiger partial charge on any atom is 0.0753 e. The van der Waals surface area contributed by atoms with Gasteiger partial charge in [0.15, 0.2) is 0 Å². The molecule has 0 saturated carbocycles. The van der Waals surface area contributed by atoms with E-state index in [4.69, 9.17) is 0 Å². The van der Waals surface area contributed by atoms with Gasteiger partial charge in [0, 0.05) is 35.7 Å². The Hall–Kier alpha value is -0.740. The molecule has 0 bridgehead atoms. The molecule has 0 amide bonds. The number of nitrogens with one attached hydrogen (secondary N) is 1. The molecule has 4 heteroatoms. The monoisotopic (exact) mass is 241 g/mol. The predicted molar refractivity (Wildman–Crippen MR) is 56.5 cm³/mol. The summed E-state index contributed by atoms with van der Waals surface area (Å²) in [5, 5.41) is 3.25. The standard InChI is InChI=1S/C9H12BrN3/c1-7(10)5-13-8(2)9-6-11-3-4-12-9/h3-4,6,8,13H,1,5H2,2H3. The Labute approximate surface area is 86.4 Å². The van der Waals surface area contributed by atoms with Gasteiger partial charge in [-0.2, -0.15) is 0 Å². The van der Waals surface area contributed by atoms with E-state index in [9.17, 15) is 0 Å². The van der Waals surface area contributed by atoms with Gasteiger partial charge in [-0.3, -0.25) is 9.97 Å². The second-order valence-electron chi connectivity index (χ2n) is 2.75. The van der Waals surface area contributed by atoms with Crippen molar-refractivity contribution in [1.29, 1.82) is 0 Å². The van der Waals surface area contributed by atoms with Gasteiger partial charge in [0.1, 0.15) is 0 Å². The van der Waals surface area contributed by atoms with Crippen LogP contribution >= 0.6 is 15.9 Å². The van der Waals surface area contributed by atoms with Crippen molar-refractivity contribution in [3.63, 3.8) is 0 Å². The summed E-state index contributed by atoms with van der Waals surface area (Å²) in [6, 6.07) is 0.197. The third kappa shape index (κ3) is 3.65. The summed E-state index contributed by atoms with van der Waals surface area (Å²) >= 11 is 3.28. The summed E-state index contributed by atoms with van der Waals surface area (Å²) in [5.41, 5.74) is 0.941. The maximum atomic E-state index is 4.19. The van der Waals surface area contributed by atoms with E-state index in [1.165, 1.54) is 0 Å². The Morgan fingerprint density at radius 3 is 3.00 bits per heavy atom. The van der Waals surface area contributed by atoms with Gasteiger partial charge in [-0.1, -0.05) is 22.5 Å². The van der Waals surface area contributed by atoms with Crippen LogP contribution < -0.4 is 5.32 Å². The first kappa shape index (κ1) is 10.3. The molecule has 13 heavy (non-hydrogen) atoms. The first-order valence-electron chi connectivity index (χ1n) is 4.02. The molecule has 0 fully saturated rings. The first-order chi connectivity index (χ1) is 6.20. The summed E-state index contributed by atoms with van der Waals surface area (Å²) < 4.78 is 0.934. The van der Waals surface area contributed by atoms with Crippen molar-refractivity contribution in [2.75, 3.05) is 6.54 Å². The molecule has 70 valence electrons. The van der Waals surface area contributed by atoms with Gasteiger partial charge in [0.05, 0.1) is 5.69 Å². The number of halogens is 1. The molecule has 0 spiro atoms. The topological polar surface area (TPSA) is 37.8 Å². The van der Waals surface area contributed by atoms with Crippen molar-refractivity contribution >= 4 is 15.9 Å². The van der Waals surface area contributed by atoms with Crippen LogP contribution in [-0.2, 0) is 0 Å². The summed E-state index contributed by atoms with van der Waals surface area (Å²) in [5.74, 6) is 0. The van der Waals surface area contributed by atoms with Crippen LogP contribution in [-0.4, -0.2) is 16.5 Å². The highest BCUT2D eigenvalue weighted by molar-refractivity contribution is 9.11. The van der Waals surface area contributed by atoms with Crippen molar-refractivity contribution in [3.8, 4) is 0 Å². The quantitative estimate of drug-likeness (QED) is 0.877. The molecule has 0 radical (unpaired) electrons. The molecule has 1 aromatic rings. The average molecular weight is 242 g/mol. The fraction of sp³-hybridized carbons (Fsp3) is 0.333. The molecule has 1 N–H and O–H groups in total. The van der Waals surface area contributed by atoms with Gasteiger partial charge in [-0.05, 0) is 6.92 Å². The first-order valence-corrected chi connectivity index (χ1v) is 4.82. The number of aromatic nitrogens is 2. The lowest BCUT2D eigenvalue weighted by atomic mass is 10.2. The van der Waals surface area contributed by atoms with E-state index in [-0.39, 0.29) is 6.04 Å². The van der Waals surface area contributed by atoms with Gasteiger partial charge in [-0.25, -0.2) is 0 Å². The van der Waals surface area contributed by atoms with Crippen LogP contribution in [0.15, 0.2) is 29.7 Å². The van der Waals surface area contributed by atoms with Gasteiger partial charge >= 0.3 is 0 Å². The molecular weight excluding hydrogens is 230 g/mol. The van der Waals surface area contributed by atoms with Crippen LogP contribution in [0.3, 0.4) is 0 Å². The predicted octanol–water partition coefficient (Wildman–Crippen LogP) is 2.04. The highest BCUT2D eigenvalue weighted by Crippen LogP contribution is 2.07. The molecule has 3 nitrogen and oxygen atoms in total. The molecule has 1 atom stereocenters. The minimum Gasteiger partial charge on any atom is -0.304 e. The van der Waals surface area contributed by atoms with Crippen molar-refractivity contribution < 1.29 is 0 Å². The molecule has 1 aromatic heterocycles. The zero-order valence-corrected chi connectivity index (χ0v) is 9.08. The summed E-state index contributed by atoms with van der Waals surface area (Å²) in [4.78, 5) is 8.18. The number of hydrogen-bond acceptors (Lipinski definition) is 3. The Morgan fingerprint density at radius 1 is 1.69 bits per heavy atom. The zero-order valence-electron chi connectivity index (χ0n) is 7.50. The molecule has 1 heterocycles.